The van der Waals surface area contributed by atoms with Gasteiger partial charge in [0, 0.05) is 0 Å². The molecule has 0 aliphatic rings. The van der Waals surface area contributed by atoms with E-state index in [1.54, 1.807) is 0 Å². The van der Waals surface area contributed by atoms with Crippen molar-refractivity contribution in [3.8, 4) is 0 Å². The topological polar surface area (TPSA) is 34.1 Å². The standard InChI is InChI=1S/C44H84NO2/c1-5-9-13-15-17-19-21-23-25-27-29-31-33-35-37-39-43(46)45(41-11-7-3,42-12-8-4)44(47)40-38-36-34-32-30-28-26-24-22-20-18-16-14-10-6-2/h23-26H,5-22,27-42H2,1-4H3/q+1. The molecule has 0 rings (SSSR count). The van der Waals surface area contributed by atoms with E-state index in [1.165, 1.54) is 141 Å². The van der Waals surface area contributed by atoms with E-state index in [-0.39, 0.29) is 16.3 Å². The molecule has 2 amide bonds. The summed E-state index contributed by atoms with van der Waals surface area (Å²) in [6, 6.07) is 0. The van der Waals surface area contributed by atoms with Crippen LogP contribution in [-0.4, -0.2) is 29.4 Å². The Morgan fingerprint density at radius 3 is 0.894 bits per heavy atom. The molecule has 276 valence electrons. The van der Waals surface area contributed by atoms with Gasteiger partial charge in [0.05, 0.1) is 25.9 Å². The molecule has 3 heteroatoms. The van der Waals surface area contributed by atoms with Crippen molar-refractivity contribution >= 4 is 11.8 Å². The Kier molecular flexibility index (Phi) is 35.1. The first-order valence-electron chi connectivity index (χ1n) is 21.3. The monoisotopic (exact) mass is 659 g/mol. The van der Waals surface area contributed by atoms with E-state index in [9.17, 15) is 9.59 Å². The third-order valence-corrected chi connectivity index (χ3v) is 10.0. The molecular weight excluding hydrogens is 574 g/mol. The molecule has 47 heavy (non-hydrogen) atoms. The summed E-state index contributed by atoms with van der Waals surface area (Å²) in [4.78, 5) is 27.5. The summed E-state index contributed by atoms with van der Waals surface area (Å²) in [7, 11) is 0. The van der Waals surface area contributed by atoms with Crippen LogP contribution in [0.4, 0.5) is 0 Å². The van der Waals surface area contributed by atoms with Gasteiger partial charge in [-0.2, -0.15) is 4.48 Å². The van der Waals surface area contributed by atoms with Crippen molar-refractivity contribution < 1.29 is 14.1 Å². The lowest BCUT2D eigenvalue weighted by molar-refractivity contribution is -0.780. The number of carbonyl (C=O) groups is 2. The van der Waals surface area contributed by atoms with Gasteiger partial charge in [0.25, 0.3) is 0 Å². The highest BCUT2D eigenvalue weighted by atomic mass is 16.2. The zero-order valence-electron chi connectivity index (χ0n) is 32.6. The molecule has 0 aromatic heterocycles. The molecule has 0 aromatic rings. The molecule has 0 bridgehead atoms. The van der Waals surface area contributed by atoms with Gasteiger partial charge in [0.1, 0.15) is 0 Å². The van der Waals surface area contributed by atoms with Crippen molar-refractivity contribution in [1.82, 2.24) is 0 Å². The van der Waals surface area contributed by atoms with Gasteiger partial charge in [0.15, 0.2) is 0 Å². The second kappa shape index (κ2) is 36.1. The summed E-state index contributed by atoms with van der Waals surface area (Å²) in [6.07, 6.45) is 47.4. The smallest absolute Gasteiger partial charge is 0.230 e. The molecule has 0 aliphatic heterocycles. The number of rotatable bonds is 36. The first kappa shape index (κ1) is 45.8. The van der Waals surface area contributed by atoms with Crippen molar-refractivity contribution in [2.24, 2.45) is 0 Å². The van der Waals surface area contributed by atoms with Gasteiger partial charge >= 0.3 is 11.8 Å². The molecule has 0 unspecified atom stereocenters. The highest BCUT2D eigenvalue weighted by Gasteiger charge is 2.41. The molecule has 0 saturated heterocycles. The Labute approximate surface area is 295 Å². The Morgan fingerprint density at radius 1 is 0.340 bits per heavy atom. The van der Waals surface area contributed by atoms with Crippen molar-refractivity contribution in [2.75, 3.05) is 13.1 Å². The zero-order chi connectivity index (χ0) is 34.5. The quantitative estimate of drug-likeness (QED) is 0.0381. The molecule has 0 N–H and O–H groups in total. The van der Waals surface area contributed by atoms with Gasteiger partial charge in [-0.15, -0.1) is 0 Å². The Bertz CT molecular complexity index is 677. The number of hydrogen-bond acceptors (Lipinski definition) is 2. The summed E-state index contributed by atoms with van der Waals surface area (Å²) >= 11 is 0. The number of carbonyl (C=O) groups excluding carboxylic acids is 2. The predicted octanol–water partition coefficient (Wildman–Crippen LogP) is 14.5. The summed E-state index contributed by atoms with van der Waals surface area (Å²) in [6.45, 7) is 10.3. The molecule has 0 heterocycles. The van der Waals surface area contributed by atoms with Crippen LogP contribution in [-0.2, 0) is 9.59 Å². The van der Waals surface area contributed by atoms with Gasteiger partial charge in [-0.05, 0) is 77.0 Å². The highest BCUT2D eigenvalue weighted by molar-refractivity contribution is 5.84. The normalized spacial score (nSPS) is 12.2. The number of quaternary nitrogens is 1. The fraction of sp³-hybridized carbons (Fsp3) is 0.864. The minimum Gasteiger partial charge on any atom is -0.230 e. The Hall–Kier alpha value is -1.22. The van der Waals surface area contributed by atoms with Crippen molar-refractivity contribution in [1.29, 1.82) is 0 Å². The summed E-state index contributed by atoms with van der Waals surface area (Å²) in [5, 5.41) is 0. The molecule has 0 aliphatic carbocycles. The summed E-state index contributed by atoms with van der Waals surface area (Å²) in [5.41, 5.74) is 0. The van der Waals surface area contributed by atoms with Crippen LogP contribution in [0.25, 0.3) is 0 Å². The van der Waals surface area contributed by atoms with Crippen LogP contribution in [0.2, 0.25) is 0 Å². The van der Waals surface area contributed by atoms with Crippen molar-refractivity contribution in [3.63, 3.8) is 0 Å². The summed E-state index contributed by atoms with van der Waals surface area (Å²) in [5.74, 6) is 0.421. The minimum absolute atomic E-state index is 0.133. The number of unbranched alkanes of at least 4 members (excludes halogenated alkanes) is 24. The van der Waals surface area contributed by atoms with Crippen LogP contribution >= 0.6 is 0 Å². The number of nitrogens with zero attached hydrogens (tertiary/aromatic N) is 1. The van der Waals surface area contributed by atoms with Gasteiger partial charge in [-0.1, -0.05) is 168 Å². The van der Waals surface area contributed by atoms with Crippen molar-refractivity contribution in [3.05, 3.63) is 24.3 Å². The summed E-state index contributed by atoms with van der Waals surface area (Å²) < 4.78 is 0.133. The molecule has 3 nitrogen and oxygen atoms in total. The number of amides is 2. The number of imide groups is 1. The highest BCUT2D eigenvalue weighted by Crippen LogP contribution is 2.22. The van der Waals surface area contributed by atoms with Crippen LogP contribution in [0.5, 0.6) is 0 Å². The van der Waals surface area contributed by atoms with Crippen LogP contribution in [0.15, 0.2) is 24.3 Å². The predicted molar refractivity (Wildman–Crippen MR) is 209 cm³/mol. The first-order valence-corrected chi connectivity index (χ1v) is 21.3. The molecule has 0 radical (unpaired) electrons. The van der Waals surface area contributed by atoms with E-state index in [0.29, 0.717) is 25.9 Å². The van der Waals surface area contributed by atoms with Crippen LogP contribution < -0.4 is 0 Å². The third kappa shape index (κ3) is 27.3. The van der Waals surface area contributed by atoms with Gasteiger partial charge in [0.2, 0.25) is 0 Å². The largest absolute Gasteiger partial charge is 0.321 e. The van der Waals surface area contributed by atoms with Crippen LogP contribution in [0, 0.1) is 0 Å². The molecule has 0 spiro atoms. The van der Waals surface area contributed by atoms with Crippen LogP contribution in [0.1, 0.15) is 233 Å². The van der Waals surface area contributed by atoms with Gasteiger partial charge in [-0.25, -0.2) is 9.59 Å². The maximum absolute atomic E-state index is 13.7. The average molecular weight is 659 g/mol. The fourth-order valence-electron chi connectivity index (χ4n) is 6.73. The molecular formula is C44H84NO2+. The minimum atomic E-state index is 0.133. The lowest BCUT2D eigenvalue weighted by Crippen LogP contribution is -2.58. The van der Waals surface area contributed by atoms with Crippen LogP contribution in [0.3, 0.4) is 0 Å². The maximum Gasteiger partial charge on any atom is 0.321 e. The molecule has 0 fully saturated rings. The second-order valence-electron chi connectivity index (χ2n) is 14.6. The van der Waals surface area contributed by atoms with E-state index in [1.807, 2.05) is 0 Å². The first-order chi connectivity index (χ1) is 23.1. The van der Waals surface area contributed by atoms with E-state index in [4.69, 9.17) is 0 Å². The third-order valence-electron chi connectivity index (χ3n) is 10.0. The van der Waals surface area contributed by atoms with E-state index >= 15 is 0 Å². The molecule has 0 aromatic carbocycles. The maximum atomic E-state index is 13.7. The fourth-order valence-corrected chi connectivity index (χ4v) is 6.73. The average Bonchev–Trinajstić information content (AvgIpc) is 3.08. The van der Waals surface area contributed by atoms with Gasteiger partial charge < -0.3 is 0 Å². The Morgan fingerprint density at radius 2 is 0.596 bits per heavy atom. The Balaban J connectivity index is 4.34. The lowest BCUT2D eigenvalue weighted by Gasteiger charge is -2.34. The zero-order valence-corrected chi connectivity index (χ0v) is 32.6. The molecule has 0 atom stereocenters. The van der Waals surface area contributed by atoms with E-state index < -0.39 is 0 Å². The van der Waals surface area contributed by atoms with Crippen molar-refractivity contribution in [2.45, 2.75) is 233 Å². The lowest BCUT2D eigenvalue weighted by atomic mass is 10.0. The SMILES string of the molecule is CCCCCCCCC=CCCCCCCCC(=O)[N+](CCCC)(CCCC)C(=O)CCCCCCCC=CCCCCCCCC. The van der Waals surface area contributed by atoms with E-state index in [2.05, 4.69) is 52.0 Å². The van der Waals surface area contributed by atoms with E-state index in [0.717, 1.165) is 51.4 Å². The second-order valence-corrected chi connectivity index (χ2v) is 14.6. The van der Waals surface area contributed by atoms with Gasteiger partial charge in [-0.3, -0.25) is 0 Å². The number of hydrogen-bond donors (Lipinski definition) is 0. The number of allylic oxidation sites excluding steroid dienone is 4. The molecule has 0 saturated carbocycles.